The van der Waals surface area contributed by atoms with E-state index in [4.69, 9.17) is 4.74 Å². The number of hydrogen-bond donors (Lipinski definition) is 2. The van der Waals surface area contributed by atoms with Gasteiger partial charge in [0, 0.05) is 23.1 Å². The number of ether oxygens (including phenoxy) is 1. The standard InChI is InChI=1S/C19H15IN2O4/c20-19-7-6-18(26-19)12(13(19)17(24)25)16(23)22-8-5-10-9-3-1-2-4-11(9)21-14(10)15(18)22/h1-4,6-7,12-13,15,21H,5,8H2,(H,24,25)/t12-,13+,15-,18-,19+/m1/s1. The molecular formula is C19H15IN2O4. The molecule has 1 spiro atoms. The average molecular weight is 462 g/mol. The Bertz CT molecular complexity index is 1050. The lowest BCUT2D eigenvalue weighted by molar-refractivity contribution is -0.148. The number of alkyl halides is 1. The predicted octanol–water partition coefficient (Wildman–Crippen LogP) is 2.39. The quantitative estimate of drug-likeness (QED) is 0.388. The number of aromatic amines is 1. The van der Waals surface area contributed by atoms with E-state index in [9.17, 15) is 14.7 Å². The first-order valence-corrected chi connectivity index (χ1v) is 9.76. The molecule has 6 rings (SSSR count). The second-order valence-corrected chi connectivity index (χ2v) is 9.21. The average Bonchev–Trinajstić information content (AvgIpc) is 3.29. The van der Waals surface area contributed by atoms with Gasteiger partial charge < -0.3 is 19.7 Å². The third-order valence-corrected chi connectivity index (χ3v) is 7.68. The first kappa shape index (κ1) is 15.2. The van der Waals surface area contributed by atoms with E-state index in [0.29, 0.717) is 6.54 Å². The van der Waals surface area contributed by atoms with E-state index in [-0.39, 0.29) is 11.9 Å². The van der Waals surface area contributed by atoms with Crippen molar-refractivity contribution in [1.29, 1.82) is 0 Å². The van der Waals surface area contributed by atoms with Gasteiger partial charge in [-0.3, -0.25) is 9.59 Å². The van der Waals surface area contributed by atoms with E-state index in [1.165, 1.54) is 10.9 Å². The Hall–Kier alpha value is -1.87. The highest BCUT2D eigenvalue weighted by atomic mass is 127. The summed E-state index contributed by atoms with van der Waals surface area (Å²) >= 11 is 2.05. The van der Waals surface area contributed by atoms with Gasteiger partial charge in [0.15, 0.2) is 3.61 Å². The second kappa shape index (κ2) is 4.51. The first-order valence-electron chi connectivity index (χ1n) is 8.68. The Morgan fingerprint density at radius 2 is 2.15 bits per heavy atom. The molecule has 0 radical (unpaired) electrons. The molecular weight excluding hydrogens is 447 g/mol. The molecule has 4 aliphatic heterocycles. The zero-order chi connectivity index (χ0) is 17.8. The monoisotopic (exact) mass is 462 g/mol. The third-order valence-electron chi connectivity index (χ3n) is 6.42. The number of halogens is 1. The molecule has 2 bridgehead atoms. The van der Waals surface area contributed by atoms with Gasteiger partial charge in [-0.15, -0.1) is 0 Å². The molecule has 4 aliphatic rings. The van der Waals surface area contributed by atoms with Crippen LogP contribution in [0.3, 0.4) is 0 Å². The lowest BCUT2D eigenvalue weighted by atomic mass is 9.73. The Balaban J connectivity index is 1.61. The van der Waals surface area contributed by atoms with Gasteiger partial charge >= 0.3 is 5.97 Å². The Kier molecular flexibility index (Phi) is 2.64. The van der Waals surface area contributed by atoms with Gasteiger partial charge in [-0.05, 0) is 52.8 Å². The topological polar surface area (TPSA) is 82.6 Å². The van der Waals surface area contributed by atoms with Gasteiger partial charge in [0.2, 0.25) is 5.91 Å². The fourth-order valence-corrected chi connectivity index (χ4v) is 6.68. The minimum absolute atomic E-state index is 0.102. The van der Waals surface area contributed by atoms with E-state index >= 15 is 0 Å². The van der Waals surface area contributed by atoms with Crippen LogP contribution < -0.4 is 0 Å². The van der Waals surface area contributed by atoms with Crippen LogP contribution >= 0.6 is 22.6 Å². The number of hydrogen-bond acceptors (Lipinski definition) is 3. The van der Waals surface area contributed by atoms with Crippen LogP contribution in [-0.4, -0.2) is 42.6 Å². The summed E-state index contributed by atoms with van der Waals surface area (Å²) in [5.41, 5.74) is 2.34. The molecule has 0 saturated carbocycles. The lowest BCUT2D eigenvalue weighted by Gasteiger charge is -2.36. The number of aromatic nitrogens is 1. The Labute approximate surface area is 162 Å². The first-order chi connectivity index (χ1) is 12.5. The summed E-state index contributed by atoms with van der Waals surface area (Å²) in [4.78, 5) is 30.5. The van der Waals surface area contributed by atoms with Crippen LogP contribution in [0.15, 0.2) is 36.4 Å². The van der Waals surface area contributed by atoms with Gasteiger partial charge in [0.25, 0.3) is 0 Å². The number of carbonyl (C=O) groups excluding carboxylic acids is 1. The van der Waals surface area contributed by atoms with Crippen molar-refractivity contribution in [2.24, 2.45) is 11.8 Å². The molecule has 132 valence electrons. The second-order valence-electron chi connectivity index (χ2n) is 7.53. The van der Waals surface area contributed by atoms with E-state index in [2.05, 4.69) is 11.1 Å². The van der Waals surface area contributed by atoms with E-state index in [0.717, 1.165) is 17.6 Å². The van der Waals surface area contributed by atoms with Crippen LogP contribution in [0.2, 0.25) is 0 Å². The fourth-order valence-electron chi connectivity index (χ4n) is 5.49. The maximum absolute atomic E-state index is 13.2. The number of carboxylic acid groups (broad SMARTS) is 1. The van der Waals surface area contributed by atoms with Crippen molar-refractivity contribution < 1.29 is 19.4 Å². The lowest BCUT2D eigenvalue weighted by Crippen LogP contribution is -2.42. The Morgan fingerprint density at radius 1 is 1.35 bits per heavy atom. The van der Waals surface area contributed by atoms with Crippen LogP contribution in [0.5, 0.6) is 0 Å². The number of rotatable bonds is 1. The maximum Gasteiger partial charge on any atom is 0.311 e. The number of para-hydroxylation sites is 1. The summed E-state index contributed by atoms with van der Waals surface area (Å²) in [5, 5.41) is 11.0. The molecule has 5 heterocycles. The summed E-state index contributed by atoms with van der Waals surface area (Å²) in [7, 11) is 0. The summed E-state index contributed by atoms with van der Waals surface area (Å²) in [6.07, 6.45) is 4.53. The van der Waals surface area contributed by atoms with Crippen LogP contribution in [0.4, 0.5) is 0 Å². The molecule has 2 saturated heterocycles. The molecule has 1 amide bonds. The number of aliphatic carboxylic acids is 1. The summed E-state index contributed by atoms with van der Waals surface area (Å²) < 4.78 is 5.39. The number of nitrogens with zero attached hydrogens (tertiary/aromatic N) is 1. The number of amides is 1. The molecule has 0 aliphatic carbocycles. The zero-order valence-electron chi connectivity index (χ0n) is 13.6. The highest BCUT2D eigenvalue weighted by Crippen LogP contribution is 2.66. The molecule has 2 aromatic rings. The van der Waals surface area contributed by atoms with Gasteiger partial charge in [-0.25, -0.2) is 0 Å². The van der Waals surface area contributed by atoms with E-state index < -0.39 is 27.0 Å². The molecule has 1 aromatic heterocycles. The summed E-state index contributed by atoms with van der Waals surface area (Å²) in [6, 6.07) is 7.83. The van der Waals surface area contributed by atoms with Crippen molar-refractivity contribution in [2.45, 2.75) is 21.7 Å². The van der Waals surface area contributed by atoms with E-state index in [1.54, 1.807) is 0 Å². The van der Waals surface area contributed by atoms with E-state index in [1.807, 2.05) is 57.8 Å². The number of carboxylic acids is 1. The van der Waals surface area contributed by atoms with Crippen LogP contribution in [-0.2, 0) is 20.7 Å². The molecule has 5 atom stereocenters. The number of benzene rings is 1. The highest BCUT2D eigenvalue weighted by Gasteiger charge is 2.76. The molecule has 1 aromatic carbocycles. The summed E-state index contributed by atoms with van der Waals surface area (Å²) in [5.74, 6) is -2.61. The predicted molar refractivity (Wildman–Crippen MR) is 101 cm³/mol. The van der Waals surface area contributed by atoms with Gasteiger partial charge in [-0.2, -0.15) is 0 Å². The van der Waals surface area contributed by atoms with Crippen molar-refractivity contribution in [1.82, 2.24) is 9.88 Å². The third kappa shape index (κ3) is 1.50. The van der Waals surface area contributed by atoms with Crippen molar-refractivity contribution in [3.8, 4) is 0 Å². The van der Waals surface area contributed by atoms with Crippen LogP contribution in [0.25, 0.3) is 10.9 Å². The van der Waals surface area contributed by atoms with Gasteiger partial charge in [0.05, 0.1) is 5.92 Å². The zero-order valence-corrected chi connectivity index (χ0v) is 15.8. The highest BCUT2D eigenvalue weighted by molar-refractivity contribution is 14.1. The smallest absolute Gasteiger partial charge is 0.311 e. The minimum Gasteiger partial charge on any atom is -0.481 e. The fraction of sp³-hybridized carbons (Fsp3) is 0.368. The minimum atomic E-state index is -0.972. The molecule has 2 N–H and O–H groups in total. The van der Waals surface area contributed by atoms with Gasteiger partial charge in [-0.1, -0.05) is 18.2 Å². The van der Waals surface area contributed by atoms with Crippen molar-refractivity contribution in [3.05, 3.63) is 47.7 Å². The molecule has 2 fully saturated rings. The maximum atomic E-state index is 13.2. The Morgan fingerprint density at radius 3 is 2.96 bits per heavy atom. The van der Waals surface area contributed by atoms with Crippen molar-refractivity contribution in [2.75, 3.05) is 6.54 Å². The SMILES string of the molecule is O=C(O)[C@@H]1[C@@H]2C(=O)N3CCc4c([nH]c5ccccc45)[C@@H]3[C@@]23C=C[C@]1(I)O3. The molecule has 26 heavy (non-hydrogen) atoms. The number of nitrogens with one attached hydrogen (secondary N) is 1. The molecule has 0 unspecified atom stereocenters. The van der Waals surface area contributed by atoms with Crippen LogP contribution in [0.1, 0.15) is 17.3 Å². The van der Waals surface area contributed by atoms with Crippen molar-refractivity contribution in [3.63, 3.8) is 0 Å². The van der Waals surface area contributed by atoms with Crippen LogP contribution in [0, 0.1) is 11.8 Å². The van der Waals surface area contributed by atoms with Crippen molar-refractivity contribution >= 4 is 45.4 Å². The van der Waals surface area contributed by atoms with Gasteiger partial charge in [0.1, 0.15) is 17.6 Å². The summed E-state index contributed by atoms with van der Waals surface area (Å²) in [6.45, 7) is 0.592. The number of H-pyrrole nitrogens is 1. The normalized spacial score (nSPS) is 39.3. The molecule has 7 heteroatoms. The number of carbonyl (C=O) groups is 2. The number of fused-ring (bicyclic) bond motifs is 6. The largest absolute Gasteiger partial charge is 0.481 e. The molecule has 6 nitrogen and oxygen atoms in total.